The molecule has 3 heterocycles. The molecule has 30 heavy (non-hydrogen) atoms. The Bertz CT molecular complexity index is 1110. The molecule has 1 atom stereocenters. The molecule has 154 valence electrons. The van der Waals surface area contributed by atoms with E-state index in [4.69, 9.17) is 16.3 Å². The second-order valence-electron chi connectivity index (χ2n) is 6.88. The summed E-state index contributed by atoms with van der Waals surface area (Å²) in [6, 6.07) is 9.84. The van der Waals surface area contributed by atoms with Crippen LogP contribution in [-0.2, 0) is 7.05 Å². The molecule has 2 amide bonds. The Morgan fingerprint density at radius 1 is 1.27 bits per heavy atom. The number of fused-ring (bicyclic) bond motifs is 1. The molecule has 1 N–H and O–H groups in total. The summed E-state index contributed by atoms with van der Waals surface area (Å²) in [7, 11) is 3.29. The fraction of sp³-hybridized carbons (Fsp3) is 0.238. The molecule has 0 saturated carbocycles. The van der Waals surface area contributed by atoms with Crippen LogP contribution in [0.25, 0.3) is 0 Å². The molecular formula is C21H20ClN5O3. The fourth-order valence-electron chi connectivity index (χ4n) is 3.61. The van der Waals surface area contributed by atoms with Crippen molar-refractivity contribution >= 4 is 29.1 Å². The number of rotatable bonds is 4. The minimum absolute atomic E-state index is 0.180. The lowest BCUT2D eigenvalue weighted by molar-refractivity contribution is 0.0931. The van der Waals surface area contributed by atoms with Gasteiger partial charge in [-0.1, -0.05) is 23.7 Å². The Morgan fingerprint density at radius 3 is 2.83 bits per heavy atom. The summed E-state index contributed by atoms with van der Waals surface area (Å²) in [4.78, 5) is 31.6. The number of benzene rings is 1. The average Bonchev–Trinajstić information content (AvgIpc) is 3.16. The number of carbonyl (C=O) groups is 2. The summed E-state index contributed by atoms with van der Waals surface area (Å²) in [5, 5.41) is 7.73. The third-order valence-electron chi connectivity index (χ3n) is 5.09. The van der Waals surface area contributed by atoms with E-state index in [1.165, 1.54) is 13.3 Å². The first-order valence-corrected chi connectivity index (χ1v) is 9.76. The lowest BCUT2D eigenvalue weighted by atomic mass is 10.0. The van der Waals surface area contributed by atoms with Crippen molar-refractivity contribution in [1.29, 1.82) is 0 Å². The quantitative estimate of drug-likeness (QED) is 0.694. The monoisotopic (exact) mass is 425 g/mol. The highest BCUT2D eigenvalue weighted by atomic mass is 35.5. The number of nitrogens with one attached hydrogen (secondary N) is 1. The maximum absolute atomic E-state index is 13.1. The van der Waals surface area contributed by atoms with E-state index >= 15 is 0 Å². The fourth-order valence-corrected chi connectivity index (χ4v) is 3.83. The van der Waals surface area contributed by atoms with E-state index < -0.39 is 0 Å². The summed E-state index contributed by atoms with van der Waals surface area (Å²) in [5.74, 6) is -0.0774. The van der Waals surface area contributed by atoms with Gasteiger partial charge in [-0.2, -0.15) is 5.10 Å². The van der Waals surface area contributed by atoms with Gasteiger partial charge in [0.25, 0.3) is 11.8 Å². The summed E-state index contributed by atoms with van der Waals surface area (Å²) < 4.78 is 6.80. The zero-order valence-electron chi connectivity index (χ0n) is 16.5. The highest BCUT2D eigenvalue weighted by Crippen LogP contribution is 2.35. The van der Waals surface area contributed by atoms with Crippen molar-refractivity contribution in [3.8, 4) is 5.88 Å². The number of methoxy groups -OCH3 is 1. The zero-order valence-corrected chi connectivity index (χ0v) is 17.3. The van der Waals surface area contributed by atoms with Crippen LogP contribution in [0.15, 0.2) is 48.8 Å². The average molecular weight is 426 g/mol. The standard InChI is InChI=1S/C21H20ClN5O3/c1-26-19-16(25-20(28)14-5-3-4-6-15(14)22)8-10-27(17(19)12-24-26)21(29)13-7-9-23-18(11-13)30-2/h3-7,9,11-12,16H,8,10H2,1-2H3,(H,25,28). The first kappa shape index (κ1) is 19.9. The summed E-state index contributed by atoms with van der Waals surface area (Å²) in [6.45, 7) is 0.426. The van der Waals surface area contributed by atoms with Crippen LogP contribution >= 0.6 is 11.6 Å². The Labute approximate surface area is 178 Å². The first-order chi connectivity index (χ1) is 14.5. The number of amides is 2. The third kappa shape index (κ3) is 3.61. The predicted molar refractivity (Wildman–Crippen MR) is 112 cm³/mol. The molecule has 1 aliphatic rings. The van der Waals surface area contributed by atoms with Crippen LogP contribution in [0.3, 0.4) is 0 Å². The van der Waals surface area contributed by atoms with Crippen LogP contribution in [0.1, 0.15) is 38.9 Å². The molecular weight excluding hydrogens is 406 g/mol. The number of halogens is 1. The first-order valence-electron chi connectivity index (χ1n) is 9.38. The minimum Gasteiger partial charge on any atom is -0.481 e. The molecule has 2 aromatic heterocycles. The van der Waals surface area contributed by atoms with Crippen molar-refractivity contribution < 1.29 is 14.3 Å². The molecule has 1 aromatic carbocycles. The smallest absolute Gasteiger partial charge is 0.258 e. The summed E-state index contributed by atoms with van der Waals surface area (Å²) in [6.07, 6.45) is 3.71. The van der Waals surface area contributed by atoms with Gasteiger partial charge in [0.15, 0.2) is 0 Å². The number of anilines is 1. The number of hydrogen-bond donors (Lipinski definition) is 1. The molecule has 0 spiro atoms. The lowest BCUT2D eigenvalue weighted by Crippen LogP contribution is -2.41. The van der Waals surface area contributed by atoms with E-state index in [-0.39, 0.29) is 17.9 Å². The van der Waals surface area contributed by atoms with Gasteiger partial charge in [-0.25, -0.2) is 4.98 Å². The highest BCUT2D eigenvalue weighted by molar-refractivity contribution is 6.33. The second kappa shape index (κ2) is 8.16. The van der Waals surface area contributed by atoms with E-state index in [9.17, 15) is 9.59 Å². The third-order valence-corrected chi connectivity index (χ3v) is 5.42. The van der Waals surface area contributed by atoms with Gasteiger partial charge in [-0.05, 0) is 24.6 Å². The molecule has 0 radical (unpaired) electrons. The molecule has 9 heteroatoms. The van der Waals surface area contributed by atoms with Gasteiger partial charge in [-0.3, -0.25) is 14.3 Å². The van der Waals surface area contributed by atoms with Crippen LogP contribution in [0, 0.1) is 0 Å². The maximum Gasteiger partial charge on any atom is 0.258 e. The van der Waals surface area contributed by atoms with Gasteiger partial charge in [0.05, 0.1) is 41.3 Å². The van der Waals surface area contributed by atoms with E-state index in [1.54, 1.807) is 59.2 Å². The van der Waals surface area contributed by atoms with Gasteiger partial charge in [0.1, 0.15) is 0 Å². The molecule has 0 aliphatic carbocycles. The van der Waals surface area contributed by atoms with Gasteiger partial charge in [0.2, 0.25) is 5.88 Å². The van der Waals surface area contributed by atoms with Crippen LogP contribution in [0.2, 0.25) is 5.02 Å². The second-order valence-corrected chi connectivity index (χ2v) is 7.28. The maximum atomic E-state index is 13.1. The molecule has 0 saturated heterocycles. The van der Waals surface area contributed by atoms with E-state index in [0.717, 1.165) is 5.69 Å². The number of nitrogens with zero attached hydrogens (tertiary/aromatic N) is 4. The summed E-state index contributed by atoms with van der Waals surface area (Å²) in [5.41, 5.74) is 2.30. The highest BCUT2D eigenvalue weighted by Gasteiger charge is 2.33. The number of aryl methyl sites for hydroxylation is 1. The SMILES string of the molecule is COc1cc(C(=O)N2CCC(NC(=O)c3ccccc3Cl)c3c2cnn3C)ccn1. The molecule has 3 aromatic rings. The Kier molecular flexibility index (Phi) is 5.41. The molecule has 1 unspecified atom stereocenters. The molecule has 0 bridgehead atoms. The molecule has 8 nitrogen and oxygen atoms in total. The Balaban J connectivity index is 1.61. The van der Waals surface area contributed by atoms with Crippen molar-refractivity contribution in [1.82, 2.24) is 20.1 Å². The normalized spacial score (nSPS) is 15.4. The van der Waals surface area contributed by atoms with Gasteiger partial charge in [-0.15, -0.1) is 0 Å². The number of hydrogen-bond acceptors (Lipinski definition) is 5. The largest absolute Gasteiger partial charge is 0.481 e. The molecule has 1 aliphatic heterocycles. The number of carbonyl (C=O) groups excluding carboxylic acids is 2. The predicted octanol–water partition coefficient (Wildman–Crippen LogP) is 3.00. The van der Waals surface area contributed by atoms with E-state index in [1.807, 2.05) is 0 Å². The van der Waals surface area contributed by atoms with Gasteiger partial charge < -0.3 is 15.0 Å². The lowest BCUT2D eigenvalue weighted by Gasteiger charge is -2.32. The van der Waals surface area contributed by atoms with Crippen LogP contribution in [-0.4, -0.2) is 40.2 Å². The number of aromatic nitrogens is 3. The van der Waals surface area contributed by atoms with Gasteiger partial charge >= 0.3 is 0 Å². The number of ether oxygens (including phenoxy) is 1. The van der Waals surface area contributed by atoms with E-state index in [2.05, 4.69) is 15.4 Å². The Hall–Kier alpha value is -3.39. The van der Waals surface area contributed by atoms with Gasteiger partial charge in [0, 0.05) is 31.4 Å². The van der Waals surface area contributed by atoms with Crippen molar-refractivity contribution in [2.75, 3.05) is 18.6 Å². The molecule has 0 fully saturated rings. The Morgan fingerprint density at radius 2 is 2.07 bits per heavy atom. The zero-order chi connectivity index (χ0) is 21.3. The van der Waals surface area contributed by atoms with E-state index in [0.29, 0.717) is 40.7 Å². The van der Waals surface area contributed by atoms with Crippen molar-refractivity contribution in [3.63, 3.8) is 0 Å². The van der Waals surface area contributed by atoms with Crippen LogP contribution in [0.4, 0.5) is 5.69 Å². The minimum atomic E-state index is -0.299. The van der Waals surface area contributed by atoms with Crippen LogP contribution in [0.5, 0.6) is 5.88 Å². The van der Waals surface area contributed by atoms with Crippen molar-refractivity contribution in [3.05, 3.63) is 70.6 Å². The number of pyridine rings is 1. The van der Waals surface area contributed by atoms with Crippen molar-refractivity contribution in [2.24, 2.45) is 7.05 Å². The van der Waals surface area contributed by atoms with Crippen molar-refractivity contribution in [2.45, 2.75) is 12.5 Å². The molecule has 4 rings (SSSR count). The summed E-state index contributed by atoms with van der Waals surface area (Å²) >= 11 is 6.16. The van der Waals surface area contributed by atoms with Crippen LogP contribution < -0.4 is 15.0 Å². The topological polar surface area (TPSA) is 89.4 Å².